The van der Waals surface area contributed by atoms with E-state index in [2.05, 4.69) is 29.4 Å². The summed E-state index contributed by atoms with van der Waals surface area (Å²) < 4.78 is 38.0. The summed E-state index contributed by atoms with van der Waals surface area (Å²) in [5.74, 6) is 0. The van der Waals surface area contributed by atoms with E-state index >= 15 is 0 Å². The van der Waals surface area contributed by atoms with Gasteiger partial charge in [0.15, 0.2) is 0 Å². The summed E-state index contributed by atoms with van der Waals surface area (Å²) in [7, 11) is 0. The standard InChI is InChI=1S/C19H30F3N3O/c1-3-5-12-25(13-6-4-2)14-8-11-23-18(26)24-17-10-7-9-16(15-17)19(20,21)22/h7,9-10,15H,3-6,8,11-14H2,1-2H3,(H2,23,24,26). The molecule has 0 atom stereocenters. The summed E-state index contributed by atoms with van der Waals surface area (Å²) >= 11 is 0. The van der Waals surface area contributed by atoms with Gasteiger partial charge in [-0.2, -0.15) is 13.2 Å². The highest BCUT2D eigenvalue weighted by Gasteiger charge is 2.30. The predicted octanol–water partition coefficient (Wildman–Crippen LogP) is 5.12. The van der Waals surface area contributed by atoms with Crippen LogP contribution < -0.4 is 10.6 Å². The molecule has 1 rings (SSSR count). The Morgan fingerprint density at radius 2 is 1.65 bits per heavy atom. The SMILES string of the molecule is CCCCN(CCCC)CCCNC(=O)Nc1cccc(C(F)(F)F)c1. The van der Waals surface area contributed by atoms with E-state index in [0.29, 0.717) is 6.54 Å². The number of benzene rings is 1. The third-order valence-electron chi connectivity index (χ3n) is 4.04. The fourth-order valence-corrected chi connectivity index (χ4v) is 2.55. The summed E-state index contributed by atoms with van der Waals surface area (Å²) in [6.07, 6.45) is 1.01. The van der Waals surface area contributed by atoms with Gasteiger partial charge < -0.3 is 15.5 Å². The van der Waals surface area contributed by atoms with Crippen LogP contribution in [0.15, 0.2) is 24.3 Å². The molecule has 0 radical (unpaired) electrons. The van der Waals surface area contributed by atoms with Crippen molar-refractivity contribution in [3.63, 3.8) is 0 Å². The molecule has 0 spiro atoms. The maximum atomic E-state index is 12.7. The van der Waals surface area contributed by atoms with Crippen LogP contribution in [0.5, 0.6) is 0 Å². The smallest absolute Gasteiger partial charge is 0.338 e. The largest absolute Gasteiger partial charge is 0.416 e. The molecule has 148 valence electrons. The van der Waals surface area contributed by atoms with E-state index in [0.717, 1.165) is 63.9 Å². The lowest BCUT2D eigenvalue weighted by Crippen LogP contribution is -2.33. The lowest BCUT2D eigenvalue weighted by molar-refractivity contribution is -0.137. The number of hydrogen-bond acceptors (Lipinski definition) is 2. The van der Waals surface area contributed by atoms with Gasteiger partial charge >= 0.3 is 12.2 Å². The van der Waals surface area contributed by atoms with Crippen LogP contribution in [0.2, 0.25) is 0 Å². The topological polar surface area (TPSA) is 44.4 Å². The van der Waals surface area contributed by atoms with Crippen molar-refractivity contribution in [1.82, 2.24) is 10.2 Å². The van der Waals surface area contributed by atoms with Gasteiger partial charge in [-0.1, -0.05) is 32.8 Å². The number of alkyl halides is 3. The van der Waals surface area contributed by atoms with Crippen LogP contribution in [0, 0.1) is 0 Å². The van der Waals surface area contributed by atoms with Crippen LogP contribution in [0.3, 0.4) is 0 Å². The van der Waals surface area contributed by atoms with Gasteiger partial charge in [0.1, 0.15) is 0 Å². The Kier molecular flexibility index (Phi) is 10.1. The van der Waals surface area contributed by atoms with Gasteiger partial charge in [0, 0.05) is 12.2 Å². The second-order valence-corrected chi connectivity index (χ2v) is 6.36. The van der Waals surface area contributed by atoms with Crippen molar-refractivity contribution in [2.24, 2.45) is 0 Å². The Balaban J connectivity index is 2.35. The minimum atomic E-state index is -4.42. The Morgan fingerprint density at radius 3 is 2.23 bits per heavy atom. The van der Waals surface area contributed by atoms with Crippen LogP contribution in [-0.2, 0) is 6.18 Å². The zero-order valence-corrected chi connectivity index (χ0v) is 15.7. The molecule has 26 heavy (non-hydrogen) atoms. The number of rotatable bonds is 11. The molecule has 0 aliphatic carbocycles. The van der Waals surface area contributed by atoms with E-state index in [4.69, 9.17) is 0 Å². The predicted molar refractivity (Wildman–Crippen MR) is 99.3 cm³/mol. The second-order valence-electron chi connectivity index (χ2n) is 6.36. The third-order valence-corrected chi connectivity index (χ3v) is 4.04. The van der Waals surface area contributed by atoms with Gasteiger partial charge in [-0.25, -0.2) is 4.79 Å². The van der Waals surface area contributed by atoms with Gasteiger partial charge in [-0.3, -0.25) is 0 Å². The van der Waals surface area contributed by atoms with Crippen molar-refractivity contribution < 1.29 is 18.0 Å². The molecule has 0 aromatic heterocycles. The summed E-state index contributed by atoms with van der Waals surface area (Å²) in [6, 6.07) is 4.13. The molecule has 0 fully saturated rings. The number of carbonyl (C=O) groups is 1. The van der Waals surface area contributed by atoms with Gasteiger partial charge in [-0.05, 0) is 57.1 Å². The second kappa shape index (κ2) is 11.8. The molecule has 0 aliphatic rings. The van der Waals surface area contributed by atoms with Crippen LogP contribution in [0.4, 0.5) is 23.7 Å². The molecule has 1 aromatic carbocycles. The molecule has 0 aliphatic heterocycles. The first-order valence-corrected chi connectivity index (χ1v) is 9.31. The summed E-state index contributed by atoms with van der Waals surface area (Å²) in [5, 5.41) is 5.15. The van der Waals surface area contributed by atoms with E-state index in [1.54, 1.807) is 0 Å². The van der Waals surface area contributed by atoms with E-state index in [9.17, 15) is 18.0 Å². The van der Waals surface area contributed by atoms with Crippen molar-refractivity contribution in [2.45, 2.75) is 52.1 Å². The van der Waals surface area contributed by atoms with Gasteiger partial charge in [0.2, 0.25) is 0 Å². The number of hydrogen-bond donors (Lipinski definition) is 2. The quantitative estimate of drug-likeness (QED) is 0.529. The van der Waals surface area contributed by atoms with E-state index in [1.807, 2.05) is 0 Å². The molecule has 0 bridgehead atoms. The third kappa shape index (κ3) is 9.08. The van der Waals surface area contributed by atoms with E-state index in [-0.39, 0.29) is 5.69 Å². The summed E-state index contributed by atoms with van der Waals surface area (Å²) in [6.45, 7) is 7.85. The molecule has 0 saturated carbocycles. The normalized spacial score (nSPS) is 11.6. The molecule has 0 heterocycles. The van der Waals surface area contributed by atoms with Gasteiger partial charge in [0.25, 0.3) is 0 Å². The van der Waals surface area contributed by atoms with Crippen LogP contribution in [0.25, 0.3) is 0 Å². The number of unbranched alkanes of at least 4 members (excludes halogenated alkanes) is 2. The Hall–Kier alpha value is -1.76. The minimum absolute atomic E-state index is 0.129. The molecular formula is C19H30F3N3O. The van der Waals surface area contributed by atoms with Crippen molar-refractivity contribution in [2.75, 3.05) is 31.5 Å². The zero-order chi connectivity index (χ0) is 19.4. The maximum Gasteiger partial charge on any atom is 0.416 e. The van der Waals surface area contributed by atoms with Gasteiger partial charge in [-0.15, -0.1) is 0 Å². The molecule has 4 nitrogen and oxygen atoms in total. The fourth-order valence-electron chi connectivity index (χ4n) is 2.55. The number of amides is 2. The first-order chi connectivity index (χ1) is 12.4. The maximum absolute atomic E-state index is 12.7. The number of carbonyl (C=O) groups excluding carboxylic acids is 1. The lowest BCUT2D eigenvalue weighted by Gasteiger charge is -2.22. The molecule has 2 N–H and O–H groups in total. The highest BCUT2D eigenvalue weighted by molar-refractivity contribution is 5.89. The minimum Gasteiger partial charge on any atom is -0.338 e. The van der Waals surface area contributed by atoms with Crippen molar-refractivity contribution in [1.29, 1.82) is 0 Å². The van der Waals surface area contributed by atoms with Crippen molar-refractivity contribution in [3.05, 3.63) is 29.8 Å². The first kappa shape index (κ1) is 22.3. The van der Waals surface area contributed by atoms with Gasteiger partial charge in [0.05, 0.1) is 5.56 Å². The number of nitrogens with one attached hydrogen (secondary N) is 2. The highest BCUT2D eigenvalue weighted by Crippen LogP contribution is 2.30. The van der Waals surface area contributed by atoms with E-state index in [1.165, 1.54) is 12.1 Å². The number of halogens is 3. The Morgan fingerprint density at radius 1 is 1.04 bits per heavy atom. The lowest BCUT2D eigenvalue weighted by atomic mass is 10.2. The van der Waals surface area contributed by atoms with Crippen molar-refractivity contribution >= 4 is 11.7 Å². The first-order valence-electron chi connectivity index (χ1n) is 9.31. The van der Waals surface area contributed by atoms with Crippen LogP contribution >= 0.6 is 0 Å². The Bertz CT molecular complexity index is 527. The molecule has 7 heteroatoms. The van der Waals surface area contributed by atoms with Crippen LogP contribution in [0.1, 0.15) is 51.5 Å². The number of anilines is 1. The van der Waals surface area contributed by atoms with Crippen LogP contribution in [-0.4, -0.2) is 37.1 Å². The molecule has 2 amide bonds. The molecular weight excluding hydrogens is 343 g/mol. The zero-order valence-electron chi connectivity index (χ0n) is 15.7. The molecule has 0 saturated heterocycles. The summed E-state index contributed by atoms with van der Waals surface area (Å²) in [4.78, 5) is 14.2. The van der Waals surface area contributed by atoms with Crippen molar-refractivity contribution in [3.8, 4) is 0 Å². The number of nitrogens with zero attached hydrogens (tertiary/aromatic N) is 1. The average Bonchev–Trinajstić information content (AvgIpc) is 2.59. The Labute approximate surface area is 154 Å². The molecule has 1 aromatic rings. The molecule has 0 unspecified atom stereocenters. The monoisotopic (exact) mass is 373 g/mol. The number of urea groups is 1. The van der Waals surface area contributed by atoms with E-state index < -0.39 is 17.8 Å². The highest BCUT2D eigenvalue weighted by atomic mass is 19.4. The average molecular weight is 373 g/mol. The summed E-state index contributed by atoms with van der Waals surface area (Å²) in [5.41, 5.74) is -0.650. The fraction of sp³-hybridized carbons (Fsp3) is 0.632.